The van der Waals surface area contributed by atoms with Crippen molar-refractivity contribution in [3.05, 3.63) is 29.8 Å². The second-order valence-corrected chi connectivity index (χ2v) is 3.53. The summed E-state index contributed by atoms with van der Waals surface area (Å²) in [4.78, 5) is 33.9. The molecule has 0 radical (unpaired) electrons. The third kappa shape index (κ3) is 3.63. The van der Waals surface area contributed by atoms with E-state index in [-0.39, 0.29) is 11.3 Å². The summed E-state index contributed by atoms with van der Waals surface area (Å²) in [5.74, 6) is -2.10. The molecule has 0 atom stereocenters. The Kier molecular flexibility index (Phi) is 4.76. The Bertz CT molecular complexity index is 551. The van der Waals surface area contributed by atoms with Crippen molar-refractivity contribution in [3.8, 4) is 0 Å². The van der Waals surface area contributed by atoms with Gasteiger partial charge >= 0.3 is 5.97 Å². The lowest BCUT2D eigenvalue weighted by Gasteiger charge is -2.06. The van der Waals surface area contributed by atoms with E-state index in [0.29, 0.717) is 0 Å². The van der Waals surface area contributed by atoms with Gasteiger partial charge in [-0.3, -0.25) is 9.59 Å². The second kappa shape index (κ2) is 6.29. The summed E-state index contributed by atoms with van der Waals surface area (Å²) in [5.41, 5.74) is -0.107. The van der Waals surface area contributed by atoms with Crippen LogP contribution in [0, 0.1) is 0 Å². The first-order valence-corrected chi connectivity index (χ1v) is 5.22. The zero-order valence-electron chi connectivity index (χ0n) is 10.3. The van der Waals surface area contributed by atoms with E-state index in [1.807, 2.05) is 0 Å². The zero-order chi connectivity index (χ0) is 14.4. The number of carbonyl (C=O) groups is 3. The Labute approximate surface area is 108 Å². The number of nitrogens with zero attached hydrogens (tertiary/aromatic N) is 1. The molecule has 0 spiro atoms. The van der Waals surface area contributed by atoms with Gasteiger partial charge in [-0.25, -0.2) is 4.79 Å². The molecule has 0 unspecified atom stereocenters. The first kappa shape index (κ1) is 14.4. The third-order valence-electron chi connectivity index (χ3n) is 2.19. The molecule has 0 aliphatic heterocycles. The number of ketones is 1. The van der Waals surface area contributed by atoms with Gasteiger partial charge in [-0.2, -0.15) is 0 Å². The molecule has 100 valence electrons. The molecular weight excluding hydrogens is 252 g/mol. The molecule has 0 heterocycles. The summed E-state index contributed by atoms with van der Waals surface area (Å²) in [5, 5.41) is 13.5. The van der Waals surface area contributed by atoms with Crippen LogP contribution in [0.3, 0.4) is 0 Å². The number of hydrogen-bond acceptors (Lipinski definition) is 6. The maximum atomic E-state index is 11.6. The van der Waals surface area contributed by atoms with E-state index in [9.17, 15) is 14.4 Å². The quantitative estimate of drug-likeness (QED) is 0.275. The Hall–Kier alpha value is -2.70. The Morgan fingerprint density at radius 2 is 2.00 bits per heavy atom. The lowest BCUT2D eigenvalue weighted by Crippen LogP contribution is -2.28. The molecule has 0 aliphatic rings. The number of rotatable bonds is 4. The predicted octanol–water partition coefficient (Wildman–Crippen LogP) is 0.831. The van der Waals surface area contributed by atoms with Crippen LogP contribution in [0.1, 0.15) is 17.3 Å². The normalized spacial score (nSPS) is 10.7. The standard InChI is InChI=1S/C12H12N2O5/c1-7(15)10(14-18)11(16)13-9-5-3-4-8(6-9)12(17)19-2/h3-6,18H,1-2H3,(H,13,16)/b14-10+. The molecule has 1 aromatic rings. The van der Waals surface area contributed by atoms with Crippen molar-refractivity contribution in [2.24, 2.45) is 5.16 Å². The Morgan fingerprint density at radius 1 is 1.32 bits per heavy atom. The van der Waals surface area contributed by atoms with Crippen LogP contribution in [0.2, 0.25) is 0 Å². The fraction of sp³-hybridized carbons (Fsp3) is 0.167. The molecule has 2 N–H and O–H groups in total. The summed E-state index contributed by atoms with van der Waals surface area (Å²) in [6, 6.07) is 5.93. The molecule has 0 fully saturated rings. The van der Waals surface area contributed by atoms with Crippen molar-refractivity contribution in [3.63, 3.8) is 0 Å². The molecule has 1 amide bonds. The number of amides is 1. The average molecular weight is 264 g/mol. The van der Waals surface area contributed by atoms with E-state index >= 15 is 0 Å². The van der Waals surface area contributed by atoms with Crippen LogP contribution in [0.15, 0.2) is 29.4 Å². The minimum absolute atomic E-state index is 0.241. The van der Waals surface area contributed by atoms with Crippen molar-refractivity contribution in [1.82, 2.24) is 0 Å². The molecule has 19 heavy (non-hydrogen) atoms. The molecule has 0 saturated carbocycles. The van der Waals surface area contributed by atoms with E-state index in [0.717, 1.165) is 6.92 Å². The Morgan fingerprint density at radius 3 is 2.53 bits per heavy atom. The van der Waals surface area contributed by atoms with Crippen LogP contribution in [0.5, 0.6) is 0 Å². The smallest absolute Gasteiger partial charge is 0.337 e. The molecular formula is C12H12N2O5. The SMILES string of the molecule is COC(=O)c1cccc(NC(=O)/C(=N/O)C(C)=O)c1. The topological polar surface area (TPSA) is 105 Å². The molecule has 1 rings (SSSR count). The van der Waals surface area contributed by atoms with Crippen LogP contribution in [0.4, 0.5) is 5.69 Å². The number of benzene rings is 1. The van der Waals surface area contributed by atoms with Crippen molar-refractivity contribution in [1.29, 1.82) is 0 Å². The molecule has 1 aromatic carbocycles. The summed E-state index contributed by atoms with van der Waals surface area (Å²) >= 11 is 0. The molecule has 7 heteroatoms. The van der Waals surface area contributed by atoms with Gasteiger partial charge in [0.05, 0.1) is 12.7 Å². The second-order valence-electron chi connectivity index (χ2n) is 3.53. The monoisotopic (exact) mass is 264 g/mol. The fourth-order valence-corrected chi connectivity index (χ4v) is 1.31. The van der Waals surface area contributed by atoms with Crippen molar-refractivity contribution in [2.75, 3.05) is 12.4 Å². The number of anilines is 1. The van der Waals surface area contributed by atoms with Crippen molar-refractivity contribution >= 4 is 29.1 Å². The molecule has 0 aromatic heterocycles. The van der Waals surface area contributed by atoms with Crippen LogP contribution in [-0.4, -0.2) is 35.7 Å². The van der Waals surface area contributed by atoms with Gasteiger partial charge in [0.25, 0.3) is 5.91 Å². The van der Waals surface area contributed by atoms with Crippen LogP contribution in [0.25, 0.3) is 0 Å². The number of nitrogens with one attached hydrogen (secondary N) is 1. The number of hydrogen-bond donors (Lipinski definition) is 2. The summed E-state index contributed by atoms with van der Waals surface area (Å²) in [6.45, 7) is 1.10. The highest BCUT2D eigenvalue weighted by Gasteiger charge is 2.17. The van der Waals surface area contributed by atoms with Crippen molar-refractivity contribution < 1.29 is 24.3 Å². The maximum Gasteiger partial charge on any atom is 0.337 e. The van der Waals surface area contributed by atoms with Crippen LogP contribution >= 0.6 is 0 Å². The van der Waals surface area contributed by atoms with Gasteiger partial charge in [0, 0.05) is 12.6 Å². The van der Waals surface area contributed by atoms with Crippen molar-refractivity contribution in [2.45, 2.75) is 6.92 Å². The van der Waals surface area contributed by atoms with Crippen LogP contribution in [-0.2, 0) is 14.3 Å². The number of ether oxygens (including phenoxy) is 1. The van der Waals surface area contributed by atoms with E-state index in [4.69, 9.17) is 5.21 Å². The number of Topliss-reactive ketones (excluding diaryl/α,β-unsaturated/α-hetero) is 1. The third-order valence-corrected chi connectivity index (χ3v) is 2.19. The number of esters is 1. The number of oxime groups is 1. The highest BCUT2D eigenvalue weighted by molar-refractivity contribution is 6.67. The number of methoxy groups -OCH3 is 1. The van der Waals surface area contributed by atoms with Gasteiger partial charge in [-0.15, -0.1) is 0 Å². The van der Waals surface area contributed by atoms with E-state index in [1.165, 1.54) is 31.4 Å². The zero-order valence-corrected chi connectivity index (χ0v) is 10.3. The highest BCUT2D eigenvalue weighted by Crippen LogP contribution is 2.11. The maximum absolute atomic E-state index is 11.6. The van der Waals surface area contributed by atoms with Gasteiger partial charge in [0.15, 0.2) is 5.78 Å². The lowest BCUT2D eigenvalue weighted by atomic mass is 10.2. The highest BCUT2D eigenvalue weighted by atomic mass is 16.5. The molecule has 7 nitrogen and oxygen atoms in total. The van der Waals surface area contributed by atoms with Crippen LogP contribution < -0.4 is 5.32 Å². The van der Waals surface area contributed by atoms with E-state index in [1.54, 1.807) is 0 Å². The van der Waals surface area contributed by atoms with Gasteiger partial charge in [-0.1, -0.05) is 11.2 Å². The summed E-state index contributed by atoms with van der Waals surface area (Å²) < 4.78 is 4.53. The molecule has 0 saturated heterocycles. The lowest BCUT2D eigenvalue weighted by molar-refractivity contribution is -0.114. The largest absolute Gasteiger partial charge is 0.465 e. The first-order valence-electron chi connectivity index (χ1n) is 5.22. The minimum Gasteiger partial charge on any atom is -0.465 e. The van der Waals surface area contributed by atoms with E-state index < -0.39 is 23.4 Å². The summed E-state index contributed by atoms with van der Waals surface area (Å²) in [6.07, 6.45) is 0. The fourth-order valence-electron chi connectivity index (χ4n) is 1.31. The van der Waals surface area contributed by atoms with Gasteiger partial charge < -0.3 is 15.3 Å². The average Bonchev–Trinajstić information content (AvgIpc) is 2.38. The minimum atomic E-state index is -0.864. The Balaban J connectivity index is 2.92. The molecule has 0 bridgehead atoms. The number of carbonyl (C=O) groups excluding carboxylic acids is 3. The van der Waals surface area contributed by atoms with Gasteiger partial charge in [-0.05, 0) is 18.2 Å². The van der Waals surface area contributed by atoms with E-state index in [2.05, 4.69) is 15.2 Å². The first-order chi connectivity index (χ1) is 8.99. The van der Waals surface area contributed by atoms with Gasteiger partial charge in [0.2, 0.25) is 5.71 Å². The summed E-state index contributed by atoms with van der Waals surface area (Å²) in [7, 11) is 1.24. The molecule has 0 aliphatic carbocycles. The van der Waals surface area contributed by atoms with Gasteiger partial charge in [0.1, 0.15) is 0 Å². The predicted molar refractivity (Wildman–Crippen MR) is 66.3 cm³/mol.